The molecule has 0 radical (unpaired) electrons. The number of halogens is 3. The number of nitro benzene ring substituents is 1. The van der Waals surface area contributed by atoms with Crippen LogP contribution in [0.15, 0.2) is 40.9 Å². The number of nitrogens with zero attached hydrogens (tertiary/aromatic N) is 1. The van der Waals surface area contributed by atoms with Crippen LogP contribution in [0.5, 0.6) is 11.5 Å². The minimum Gasteiger partial charge on any atom is -0.450 e. The number of hydrogen-bond acceptors (Lipinski definition) is 3. The first kappa shape index (κ1) is 13.4. The van der Waals surface area contributed by atoms with E-state index in [1.54, 1.807) is 12.1 Å². The molecule has 7 heteroatoms. The number of benzene rings is 2. The number of rotatable bonds is 3. The molecule has 0 amide bonds. The first-order valence-electron chi connectivity index (χ1n) is 5.04. The number of ether oxygens (including phenoxy) is 1. The largest absolute Gasteiger partial charge is 0.450 e. The zero-order valence-corrected chi connectivity index (χ0v) is 10.9. The molecule has 0 spiro atoms. The van der Waals surface area contributed by atoms with Gasteiger partial charge in [0.05, 0.1) is 4.92 Å². The highest BCUT2D eigenvalue weighted by molar-refractivity contribution is 9.10. The van der Waals surface area contributed by atoms with E-state index in [1.807, 2.05) is 0 Å². The third kappa shape index (κ3) is 3.05. The first-order valence-corrected chi connectivity index (χ1v) is 5.83. The van der Waals surface area contributed by atoms with Crippen LogP contribution >= 0.6 is 15.9 Å². The van der Waals surface area contributed by atoms with E-state index in [1.165, 1.54) is 12.1 Å². The molecule has 2 aromatic carbocycles. The highest BCUT2D eigenvalue weighted by Crippen LogP contribution is 2.34. The van der Waals surface area contributed by atoms with Gasteiger partial charge in [0, 0.05) is 16.6 Å². The number of hydrogen-bond donors (Lipinski definition) is 0. The van der Waals surface area contributed by atoms with Crippen molar-refractivity contribution in [2.45, 2.75) is 0 Å². The molecule has 2 aromatic rings. The SMILES string of the molecule is O=[N+]([O-])c1c(F)cc(F)cc1Oc1ccc(Br)cc1. The normalized spacial score (nSPS) is 10.3. The average molecular weight is 330 g/mol. The summed E-state index contributed by atoms with van der Waals surface area (Å²) < 4.78 is 32.4. The van der Waals surface area contributed by atoms with Crippen molar-refractivity contribution in [3.63, 3.8) is 0 Å². The summed E-state index contributed by atoms with van der Waals surface area (Å²) in [5.41, 5.74) is -0.899. The Bertz CT molecular complexity index is 632. The zero-order chi connectivity index (χ0) is 14.0. The molecule has 0 heterocycles. The van der Waals surface area contributed by atoms with E-state index in [2.05, 4.69) is 15.9 Å². The van der Waals surface area contributed by atoms with Crippen molar-refractivity contribution in [2.24, 2.45) is 0 Å². The zero-order valence-electron chi connectivity index (χ0n) is 9.27. The maximum absolute atomic E-state index is 13.4. The predicted molar refractivity (Wildman–Crippen MR) is 67.2 cm³/mol. The van der Waals surface area contributed by atoms with Crippen LogP contribution in [0.3, 0.4) is 0 Å². The van der Waals surface area contributed by atoms with Crippen molar-refractivity contribution in [1.29, 1.82) is 0 Å². The van der Waals surface area contributed by atoms with Crippen LogP contribution in [0.2, 0.25) is 0 Å². The van der Waals surface area contributed by atoms with Crippen LogP contribution in [0.1, 0.15) is 0 Å². The van der Waals surface area contributed by atoms with E-state index in [4.69, 9.17) is 4.74 Å². The van der Waals surface area contributed by atoms with Crippen LogP contribution in [-0.4, -0.2) is 4.92 Å². The van der Waals surface area contributed by atoms with Gasteiger partial charge in [-0.25, -0.2) is 4.39 Å². The summed E-state index contributed by atoms with van der Waals surface area (Å²) in [6.45, 7) is 0. The topological polar surface area (TPSA) is 52.4 Å². The van der Waals surface area contributed by atoms with E-state index in [0.717, 1.165) is 10.5 Å². The molecule has 0 unspecified atom stereocenters. The Hall–Kier alpha value is -2.02. The average Bonchev–Trinajstić information content (AvgIpc) is 2.30. The summed E-state index contributed by atoms with van der Waals surface area (Å²) in [5, 5.41) is 10.8. The Morgan fingerprint density at radius 2 is 1.79 bits per heavy atom. The van der Waals surface area contributed by atoms with Crippen LogP contribution in [0.4, 0.5) is 14.5 Å². The molecule has 0 bridgehead atoms. The van der Waals surface area contributed by atoms with E-state index >= 15 is 0 Å². The van der Waals surface area contributed by atoms with Crippen molar-refractivity contribution in [3.8, 4) is 11.5 Å². The molecule has 4 nitrogen and oxygen atoms in total. The van der Waals surface area contributed by atoms with Crippen LogP contribution < -0.4 is 4.74 Å². The minimum absolute atomic E-state index is 0.233. The van der Waals surface area contributed by atoms with Crippen molar-refractivity contribution < 1.29 is 18.4 Å². The fourth-order valence-electron chi connectivity index (χ4n) is 1.43. The quantitative estimate of drug-likeness (QED) is 0.618. The molecule has 0 saturated heterocycles. The Morgan fingerprint density at radius 1 is 1.16 bits per heavy atom. The van der Waals surface area contributed by atoms with Crippen molar-refractivity contribution in [1.82, 2.24) is 0 Å². The second-order valence-corrected chi connectivity index (χ2v) is 4.46. The molecular formula is C12H6BrF2NO3. The predicted octanol–water partition coefficient (Wildman–Crippen LogP) is 4.43. The lowest BCUT2D eigenvalue weighted by atomic mass is 10.2. The molecule has 0 atom stereocenters. The van der Waals surface area contributed by atoms with Gasteiger partial charge in [-0.15, -0.1) is 0 Å². The van der Waals surface area contributed by atoms with E-state index in [-0.39, 0.29) is 5.75 Å². The van der Waals surface area contributed by atoms with E-state index < -0.39 is 28.0 Å². The molecule has 2 rings (SSSR count). The summed E-state index contributed by atoms with van der Waals surface area (Å²) in [6.07, 6.45) is 0. The third-order valence-corrected chi connectivity index (χ3v) is 2.75. The van der Waals surface area contributed by atoms with E-state index in [0.29, 0.717) is 6.07 Å². The maximum Gasteiger partial charge on any atom is 0.347 e. The summed E-state index contributed by atoms with van der Waals surface area (Å²) in [7, 11) is 0. The van der Waals surface area contributed by atoms with Gasteiger partial charge in [0.15, 0.2) is 0 Å². The van der Waals surface area contributed by atoms with Gasteiger partial charge in [-0.1, -0.05) is 15.9 Å². The highest BCUT2D eigenvalue weighted by atomic mass is 79.9. The Balaban J connectivity index is 2.44. The molecular weight excluding hydrogens is 324 g/mol. The molecule has 0 fully saturated rings. The first-order chi connectivity index (χ1) is 8.97. The molecule has 0 aliphatic carbocycles. The molecule has 0 aliphatic rings. The van der Waals surface area contributed by atoms with Crippen LogP contribution in [0.25, 0.3) is 0 Å². The maximum atomic E-state index is 13.4. The fraction of sp³-hybridized carbons (Fsp3) is 0. The van der Waals surface area contributed by atoms with E-state index in [9.17, 15) is 18.9 Å². The lowest BCUT2D eigenvalue weighted by Crippen LogP contribution is -1.98. The molecule has 19 heavy (non-hydrogen) atoms. The second-order valence-electron chi connectivity index (χ2n) is 3.55. The molecule has 0 aromatic heterocycles. The van der Waals surface area contributed by atoms with Gasteiger partial charge in [0.2, 0.25) is 11.6 Å². The lowest BCUT2D eigenvalue weighted by molar-refractivity contribution is -0.388. The van der Waals surface area contributed by atoms with Crippen molar-refractivity contribution in [2.75, 3.05) is 0 Å². The fourth-order valence-corrected chi connectivity index (χ4v) is 1.69. The van der Waals surface area contributed by atoms with Gasteiger partial charge < -0.3 is 4.74 Å². The van der Waals surface area contributed by atoms with Crippen molar-refractivity contribution >= 4 is 21.6 Å². The summed E-state index contributed by atoms with van der Waals surface area (Å²) in [6, 6.07) is 7.50. The molecule has 0 saturated carbocycles. The van der Waals surface area contributed by atoms with Gasteiger partial charge in [-0.2, -0.15) is 4.39 Å². The lowest BCUT2D eigenvalue weighted by Gasteiger charge is -2.07. The second kappa shape index (κ2) is 5.31. The van der Waals surface area contributed by atoms with Gasteiger partial charge in [0.25, 0.3) is 0 Å². The Morgan fingerprint density at radius 3 is 2.37 bits per heavy atom. The minimum atomic E-state index is -1.28. The summed E-state index contributed by atoms with van der Waals surface area (Å²) in [5.74, 6) is -2.48. The highest BCUT2D eigenvalue weighted by Gasteiger charge is 2.23. The number of nitro groups is 1. The van der Waals surface area contributed by atoms with Gasteiger partial charge in [0.1, 0.15) is 11.6 Å². The van der Waals surface area contributed by atoms with Crippen LogP contribution in [-0.2, 0) is 0 Å². The van der Waals surface area contributed by atoms with Crippen LogP contribution in [0, 0.1) is 21.7 Å². The van der Waals surface area contributed by atoms with Gasteiger partial charge in [-0.05, 0) is 24.3 Å². The molecule has 98 valence electrons. The monoisotopic (exact) mass is 329 g/mol. The summed E-state index contributed by atoms with van der Waals surface area (Å²) in [4.78, 5) is 9.80. The standard InChI is InChI=1S/C12H6BrF2NO3/c13-7-1-3-9(4-2-7)19-11-6-8(14)5-10(15)12(11)16(17)18/h1-6H. The van der Waals surface area contributed by atoms with Crippen molar-refractivity contribution in [3.05, 3.63) is 62.6 Å². The smallest absolute Gasteiger partial charge is 0.347 e. The molecule has 0 aliphatic heterocycles. The molecule has 0 N–H and O–H groups in total. The Kier molecular flexibility index (Phi) is 3.75. The van der Waals surface area contributed by atoms with Gasteiger partial charge >= 0.3 is 5.69 Å². The Labute approximate surface area is 114 Å². The third-order valence-electron chi connectivity index (χ3n) is 2.22. The summed E-state index contributed by atoms with van der Waals surface area (Å²) >= 11 is 3.21. The van der Waals surface area contributed by atoms with Gasteiger partial charge in [-0.3, -0.25) is 10.1 Å².